The minimum absolute atomic E-state index is 0.00593. The van der Waals surface area contributed by atoms with E-state index in [0.29, 0.717) is 18.6 Å². The first-order valence-corrected chi connectivity index (χ1v) is 13.9. The lowest BCUT2D eigenvalue weighted by atomic mass is 9.90. The molecule has 1 aliphatic carbocycles. The normalized spacial score (nSPS) is 26.6. The summed E-state index contributed by atoms with van der Waals surface area (Å²) in [6, 6.07) is 5.38. The Morgan fingerprint density at radius 2 is 1.92 bits per heavy atom. The van der Waals surface area contributed by atoms with Gasteiger partial charge < -0.3 is 15.2 Å². The van der Waals surface area contributed by atoms with E-state index in [1.165, 1.54) is 37.3 Å². The summed E-state index contributed by atoms with van der Waals surface area (Å²) < 4.78 is 13.9. The van der Waals surface area contributed by atoms with Crippen molar-refractivity contribution < 1.29 is 14.0 Å². The van der Waals surface area contributed by atoms with Crippen molar-refractivity contribution >= 4 is 22.7 Å². The monoisotopic (exact) mass is 496 g/mol. The lowest BCUT2D eigenvalue weighted by Crippen LogP contribution is -2.54. The average molecular weight is 497 g/mol. The highest BCUT2D eigenvalue weighted by Crippen LogP contribution is 2.46. The Morgan fingerprint density at radius 1 is 1.17 bits per heavy atom. The summed E-state index contributed by atoms with van der Waals surface area (Å²) in [5.41, 5.74) is 1.97. The smallest absolute Gasteiger partial charge is 0.245 e. The van der Waals surface area contributed by atoms with E-state index in [0.717, 1.165) is 30.3 Å². The number of fused-ring (bicyclic) bond motifs is 2. The van der Waals surface area contributed by atoms with Crippen molar-refractivity contribution in [2.45, 2.75) is 96.3 Å². The van der Waals surface area contributed by atoms with Crippen molar-refractivity contribution in [2.24, 2.45) is 11.8 Å². The molecule has 1 aromatic carbocycles. The van der Waals surface area contributed by atoms with Gasteiger partial charge in [0.25, 0.3) is 0 Å². The molecule has 196 valence electrons. The summed E-state index contributed by atoms with van der Waals surface area (Å²) in [6.07, 6.45) is 8.73. The maximum Gasteiger partial charge on any atom is 0.245 e. The van der Waals surface area contributed by atoms with Crippen LogP contribution in [0.25, 0.3) is 10.9 Å². The van der Waals surface area contributed by atoms with Gasteiger partial charge in [0.05, 0.1) is 6.04 Å². The van der Waals surface area contributed by atoms with Gasteiger partial charge in [-0.1, -0.05) is 40.5 Å². The number of nitrogens with one attached hydrogen (secondary N) is 2. The summed E-state index contributed by atoms with van der Waals surface area (Å²) in [7, 11) is 0. The van der Waals surface area contributed by atoms with Crippen molar-refractivity contribution in [1.82, 2.24) is 20.1 Å². The van der Waals surface area contributed by atoms with Crippen LogP contribution in [0.2, 0.25) is 0 Å². The molecule has 0 radical (unpaired) electrons. The summed E-state index contributed by atoms with van der Waals surface area (Å²) in [6.45, 7) is 9.56. The van der Waals surface area contributed by atoms with E-state index >= 15 is 0 Å². The third kappa shape index (κ3) is 4.44. The van der Waals surface area contributed by atoms with Crippen LogP contribution in [0.4, 0.5) is 4.39 Å². The minimum atomic E-state index is -0.525. The zero-order valence-electron chi connectivity index (χ0n) is 22.1. The molecule has 2 saturated heterocycles. The van der Waals surface area contributed by atoms with Crippen LogP contribution in [-0.2, 0) is 9.59 Å². The fourth-order valence-corrected chi connectivity index (χ4v) is 6.91. The highest BCUT2D eigenvalue weighted by atomic mass is 19.1. The van der Waals surface area contributed by atoms with Gasteiger partial charge in [-0.2, -0.15) is 0 Å². The second-order valence-electron chi connectivity index (χ2n) is 11.6. The fraction of sp³-hybridized carbons (Fsp3) is 0.655. The number of carbonyl (C=O) groups is 2. The van der Waals surface area contributed by atoms with E-state index in [2.05, 4.69) is 20.1 Å². The Hall–Kier alpha value is -2.41. The van der Waals surface area contributed by atoms with Crippen LogP contribution < -0.4 is 5.32 Å². The number of amides is 2. The molecule has 5 rings (SSSR count). The first-order chi connectivity index (χ1) is 17.3. The molecule has 2 N–H and O–H groups in total. The molecule has 2 aromatic rings. The average Bonchev–Trinajstić information content (AvgIpc) is 3.64. The Morgan fingerprint density at radius 3 is 2.61 bits per heavy atom. The second-order valence-corrected chi connectivity index (χ2v) is 11.6. The van der Waals surface area contributed by atoms with E-state index < -0.39 is 6.04 Å². The number of carbonyl (C=O) groups excluding carboxylic acids is 2. The summed E-state index contributed by atoms with van der Waals surface area (Å²) >= 11 is 0. The van der Waals surface area contributed by atoms with Gasteiger partial charge in [-0.15, -0.1) is 0 Å². The van der Waals surface area contributed by atoms with Gasteiger partial charge in [0.1, 0.15) is 11.9 Å². The van der Waals surface area contributed by atoms with Crippen LogP contribution in [0.15, 0.2) is 24.4 Å². The molecular formula is C29H41FN4O2. The van der Waals surface area contributed by atoms with Gasteiger partial charge in [-0.3, -0.25) is 14.5 Å². The maximum atomic E-state index is 14.1. The molecule has 5 atom stereocenters. The van der Waals surface area contributed by atoms with E-state index in [1.54, 1.807) is 6.07 Å². The molecule has 2 aliphatic heterocycles. The number of rotatable bonds is 7. The predicted octanol–water partition coefficient (Wildman–Crippen LogP) is 4.81. The van der Waals surface area contributed by atoms with Gasteiger partial charge in [-0.05, 0) is 55.4 Å². The zero-order valence-corrected chi connectivity index (χ0v) is 22.1. The largest absolute Gasteiger partial charge is 0.361 e. The molecule has 36 heavy (non-hydrogen) atoms. The number of likely N-dealkylation sites (tertiary alicyclic amines) is 2. The molecule has 3 aliphatic rings. The van der Waals surface area contributed by atoms with Gasteiger partial charge >= 0.3 is 0 Å². The van der Waals surface area contributed by atoms with Gasteiger partial charge in [0.2, 0.25) is 11.8 Å². The molecule has 2 amide bonds. The SMILES string of the molecule is CC[C@@H](C)C(=O)N[C@H](C(=O)N1CC[C@@H]2[C@H]1[C@@H](c1c[nH]c3cc(F)ccc13)CN2C1CCCC1)C(C)C. The number of nitrogens with zero attached hydrogens (tertiary/aromatic N) is 2. The molecular weight excluding hydrogens is 455 g/mol. The summed E-state index contributed by atoms with van der Waals surface area (Å²) in [5.74, 6) is -0.213. The molecule has 1 aromatic heterocycles. The number of H-pyrrole nitrogens is 1. The first kappa shape index (κ1) is 25.2. The summed E-state index contributed by atoms with van der Waals surface area (Å²) in [4.78, 5) is 34.9. The van der Waals surface area contributed by atoms with Crippen LogP contribution >= 0.6 is 0 Å². The topological polar surface area (TPSA) is 68.4 Å². The van der Waals surface area contributed by atoms with Crippen molar-refractivity contribution in [3.8, 4) is 0 Å². The predicted molar refractivity (Wildman–Crippen MR) is 140 cm³/mol. The fourth-order valence-electron chi connectivity index (χ4n) is 6.91. The number of halogens is 1. The molecule has 3 heterocycles. The van der Waals surface area contributed by atoms with Crippen LogP contribution in [0.5, 0.6) is 0 Å². The van der Waals surface area contributed by atoms with Crippen LogP contribution in [0.1, 0.15) is 77.7 Å². The first-order valence-electron chi connectivity index (χ1n) is 13.9. The number of aromatic nitrogens is 1. The van der Waals surface area contributed by atoms with E-state index in [-0.39, 0.29) is 41.4 Å². The Balaban J connectivity index is 1.48. The highest BCUT2D eigenvalue weighted by molar-refractivity contribution is 5.89. The summed E-state index contributed by atoms with van der Waals surface area (Å²) in [5, 5.41) is 4.12. The molecule has 3 fully saturated rings. The molecule has 0 spiro atoms. The standard InChI is InChI=1S/C29H41FN4O2/c1-5-18(4)28(35)32-26(17(2)3)29(36)33-13-12-25-27(33)23(16-34(25)20-8-6-7-9-20)22-15-31-24-14-19(30)10-11-21(22)24/h10-11,14-15,17-18,20,23,25-27,31H,5-9,12-13,16H2,1-4H3,(H,32,35)/t18-,23-,25-,26+,27-/m1/s1. The maximum absolute atomic E-state index is 14.1. The Bertz CT molecular complexity index is 1110. The van der Waals surface area contributed by atoms with Crippen LogP contribution in [0.3, 0.4) is 0 Å². The number of hydrogen-bond donors (Lipinski definition) is 2. The van der Waals surface area contributed by atoms with Crippen LogP contribution in [0, 0.1) is 17.7 Å². The van der Waals surface area contributed by atoms with Crippen molar-refractivity contribution in [3.63, 3.8) is 0 Å². The van der Waals surface area contributed by atoms with Gasteiger partial charge in [0, 0.05) is 54.1 Å². The number of benzene rings is 1. The number of hydrogen-bond acceptors (Lipinski definition) is 3. The Labute approximate surface area is 214 Å². The minimum Gasteiger partial charge on any atom is -0.361 e. The van der Waals surface area contributed by atoms with Crippen LogP contribution in [-0.4, -0.2) is 63.9 Å². The number of aromatic amines is 1. The third-order valence-electron chi connectivity index (χ3n) is 9.11. The lowest BCUT2D eigenvalue weighted by molar-refractivity contribution is -0.139. The van der Waals surface area contributed by atoms with Crippen molar-refractivity contribution in [3.05, 3.63) is 35.8 Å². The quantitative estimate of drug-likeness (QED) is 0.578. The highest BCUT2D eigenvalue weighted by Gasteiger charge is 2.53. The molecule has 0 unspecified atom stereocenters. The van der Waals surface area contributed by atoms with Gasteiger partial charge in [0.15, 0.2) is 0 Å². The lowest BCUT2D eigenvalue weighted by Gasteiger charge is -2.34. The molecule has 7 heteroatoms. The van der Waals surface area contributed by atoms with Crippen molar-refractivity contribution in [2.75, 3.05) is 13.1 Å². The van der Waals surface area contributed by atoms with Crippen molar-refractivity contribution in [1.29, 1.82) is 0 Å². The molecule has 0 bridgehead atoms. The third-order valence-corrected chi connectivity index (χ3v) is 9.11. The van der Waals surface area contributed by atoms with E-state index in [9.17, 15) is 14.0 Å². The van der Waals surface area contributed by atoms with E-state index in [1.807, 2.05) is 40.0 Å². The van der Waals surface area contributed by atoms with Gasteiger partial charge in [-0.25, -0.2) is 4.39 Å². The van der Waals surface area contributed by atoms with E-state index in [4.69, 9.17) is 0 Å². The Kier molecular flexibility index (Phi) is 7.12. The second kappa shape index (κ2) is 10.2. The zero-order chi connectivity index (χ0) is 25.6. The molecule has 1 saturated carbocycles. The molecule has 6 nitrogen and oxygen atoms in total.